The van der Waals surface area contributed by atoms with Gasteiger partial charge in [0, 0.05) is 24.2 Å². The van der Waals surface area contributed by atoms with Gasteiger partial charge in [-0.05, 0) is 24.3 Å². The van der Waals surface area contributed by atoms with Crippen LogP contribution in [0.15, 0.2) is 53.6 Å². The fourth-order valence-electron chi connectivity index (χ4n) is 3.01. The van der Waals surface area contributed by atoms with Gasteiger partial charge in [0.05, 0.1) is 26.4 Å². The molecule has 0 saturated carbocycles. The van der Waals surface area contributed by atoms with E-state index in [1.807, 2.05) is 30.3 Å². The molecule has 2 aromatic rings. The number of ether oxygens (including phenoxy) is 2. The summed E-state index contributed by atoms with van der Waals surface area (Å²) in [7, 11) is 3.09. The van der Waals surface area contributed by atoms with Crippen LogP contribution in [0.5, 0.6) is 11.5 Å². The summed E-state index contributed by atoms with van der Waals surface area (Å²) in [5.41, 5.74) is 3.98. The Bertz CT molecular complexity index is 852. The van der Waals surface area contributed by atoms with Gasteiger partial charge >= 0.3 is 0 Å². The van der Waals surface area contributed by atoms with Crippen LogP contribution in [0.3, 0.4) is 0 Å². The van der Waals surface area contributed by atoms with Gasteiger partial charge in [0.25, 0.3) is 0 Å². The monoisotopic (exact) mass is 367 g/mol. The van der Waals surface area contributed by atoms with Crippen molar-refractivity contribution in [3.63, 3.8) is 0 Å². The third kappa shape index (κ3) is 4.08. The molecule has 27 heavy (non-hydrogen) atoms. The van der Waals surface area contributed by atoms with Crippen LogP contribution in [0.4, 0.5) is 5.69 Å². The number of amides is 2. The van der Waals surface area contributed by atoms with E-state index in [1.54, 1.807) is 30.2 Å². The smallest absolute Gasteiger partial charge is 0.245 e. The molecule has 3 rings (SSSR count). The Kier molecular flexibility index (Phi) is 5.71. The summed E-state index contributed by atoms with van der Waals surface area (Å²) in [6.07, 6.45) is 1.66. The van der Waals surface area contributed by atoms with Crippen molar-refractivity contribution in [2.24, 2.45) is 11.0 Å². The summed E-state index contributed by atoms with van der Waals surface area (Å²) in [5, 5.41) is 4.00. The molecule has 1 atom stereocenters. The maximum atomic E-state index is 12.4. The third-order valence-corrected chi connectivity index (χ3v) is 4.38. The van der Waals surface area contributed by atoms with Crippen LogP contribution in [0.2, 0.25) is 0 Å². The predicted molar refractivity (Wildman–Crippen MR) is 102 cm³/mol. The zero-order valence-corrected chi connectivity index (χ0v) is 15.2. The quantitative estimate of drug-likeness (QED) is 0.627. The number of nitrogens with zero attached hydrogens (tertiary/aromatic N) is 2. The number of anilines is 1. The topological polar surface area (TPSA) is 80.2 Å². The van der Waals surface area contributed by atoms with Gasteiger partial charge in [-0.25, -0.2) is 5.43 Å². The second kappa shape index (κ2) is 8.35. The fraction of sp³-hybridized carbons (Fsp3) is 0.250. The van der Waals surface area contributed by atoms with Crippen molar-refractivity contribution < 1.29 is 19.1 Å². The van der Waals surface area contributed by atoms with Crippen molar-refractivity contribution in [2.45, 2.75) is 6.42 Å². The first-order chi connectivity index (χ1) is 13.1. The number of rotatable bonds is 6. The summed E-state index contributed by atoms with van der Waals surface area (Å²) in [5.74, 6) is 0.304. The molecule has 0 unspecified atom stereocenters. The first-order valence-electron chi connectivity index (χ1n) is 8.53. The normalized spacial score (nSPS) is 16.6. The standard InChI is InChI=1S/C20H21N3O4/c1-26-17-10-6-7-14(19(17)27-2)12-21-22-20(25)15-11-18(24)23(13-15)16-8-4-3-5-9-16/h3-10,12,15H,11,13H2,1-2H3,(H,22,25)/b21-12-/t15-/m1/s1. The highest BCUT2D eigenvalue weighted by molar-refractivity contribution is 6.00. The lowest BCUT2D eigenvalue weighted by Crippen LogP contribution is -2.30. The van der Waals surface area contributed by atoms with Gasteiger partial charge in [0.15, 0.2) is 11.5 Å². The molecule has 1 saturated heterocycles. The van der Waals surface area contributed by atoms with Crippen molar-refractivity contribution in [1.29, 1.82) is 0 Å². The van der Waals surface area contributed by atoms with Crippen LogP contribution in [0, 0.1) is 5.92 Å². The van der Waals surface area contributed by atoms with Gasteiger partial charge in [0.1, 0.15) is 0 Å². The van der Waals surface area contributed by atoms with Crippen molar-refractivity contribution in [3.05, 3.63) is 54.1 Å². The van der Waals surface area contributed by atoms with E-state index in [0.717, 1.165) is 5.69 Å². The number of para-hydroxylation sites is 2. The Hall–Kier alpha value is -3.35. The molecule has 0 bridgehead atoms. The van der Waals surface area contributed by atoms with E-state index in [-0.39, 0.29) is 18.2 Å². The molecule has 2 aromatic carbocycles. The Morgan fingerprint density at radius 2 is 1.93 bits per heavy atom. The van der Waals surface area contributed by atoms with Crippen LogP contribution in [0.1, 0.15) is 12.0 Å². The average Bonchev–Trinajstić information content (AvgIpc) is 3.10. The second-order valence-corrected chi connectivity index (χ2v) is 6.06. The molecule has 0 aromatic heterocycles. The van der Waals surface area contributed by atoms with Crippen molar-refractivity contribution in [2.75, 3.05) is 25.7 Å². The van der Waals surface area contributed by atoms with Crippen molar-refractivity contribution in [3.8, 4) is 11.5 Å². The lowest BCUT2D eigenvalue weighted by Gasteiger charge is -2.16. The van der Waals surface area contributed by atoms with Gasteiger partial charge in [0.2, 0.25) is 11.8 Å². The first kappa shape index (κ1) is 18.4. The molecule has 1 aliphatic heterocycles. The number of hydrazone groups is 1. The number of hydrogen-bond acceptors (Lipinski definition) is 5. The minimum absolute atomic E-state index is 0.0696. The Balaban J connectivity index is 1.64. The third-order valence-electron chi connectivity index (χ3n) is 4.38. The highest BCUT2D eigenvalue weighted by Gasteiger charge is 2.35. The molecule has 7 nitrogen and oxygen atoms in total. The maximum Gasteiger partial charge on any atom is 0.245 e. The zero-order valence-electron chi connectivity index (χ0n) is 15.2. The molecular weight excluding hydrogens is 346 g/mol. The van der Waals surface area contributed by atoms with E-state index in [0.29, 0.717) is 23.6 Å². The summed E-state index contributed by atoms with van der Waals surface area (Å²) >= 11 is 0. The molecule has 2 amide bonds. The lowest BCUT2D eigenvalue weighted by molar-refractivity contribution is -0.126. The number of methoxy groups -OCH3 is 2. The predicted octanol–water partition coefficient (Wildman–Crippen LogP) is 2.21. The van der Waals surface area contributed by atoms with Crippen molar-refractivity contribution in [1.82, 2.24) is 5.43 Å². The number of hydrogen-bond donors (Lipinski definition) is 1. The van der Waals surface area contributed by atoms with Crippen LogP contribution in [0.25, 0.3) is 0 Å². The van der Waals surface area contributed by atoms with Gasteiger partial charge in [-0.1, -0.05) is 24.3 Å². The molecule has 140 valence electrons. The molecule has 7 heteroatoms. The van der Waals surface area contributed by atoms with E-state index in [1.165, 1.54) is 13.3 Å². The summed E-state index contributed by atoms with van der Waals surface area (Å²) in [4.78, 5) is 26.2. The lowest BCUT2D eigenvalue weighted by atomic mass is 10.1. The number of nitrogens with one attached hydrogen (secondary N) is 1. The van der Waals surface area contributed by atoms with E-state index >= 15 is 0 Å². The van der Waals surface area contributed by atoms with E-state index in [4.69, 9.17) is 9.47 Å². The summed E-state index contributed by atoms with van der Waals surface area (Å²) in [6, 6.07) is 14.7. The summed E-state index contributed by atoms with van der Waals surface area (Å²) < 4.78 is 10.6. The Morgan fingerprint density at radius 3 is 2.63 bits per heavy atom. The highest BCUT2D eigenvalue weighted by Crippen LogP contribution is 2.29. The SMILES string of the molecule is COc1cccc(/C=N\NC(=O)[C@@H]2CC(=O)N(c3ccccc3)C2)c1OC. The Labute approximate surface area is 157 Å². The number of carbonyl (C=O) groups is 2. The molecule has 1 aliphatic rings. The number of benzene rings is 2. The van der Waals surface area contributed by atoms with Crippen LogP contribution in [-0.4, -0.2) is 38.8 Å². The van der Waals surface area contributed by atoms with Gasteiger partial charge < -0.3 is 14.4 Å². The zero-order chi connectivity index (χ0) is 19.2. The van der Waals surface area contributed by atoms with Gasteiger partial charge in [-0.2, -0.15) is 5.10 Å². The van der Waals surface area contributed by atoms with Crippen LogP contribution < -0.4 is 19.8 Å². The van der Waals surface area contributed by atoms with E-state index in [9.17, 15) is 9.59 Å². The van der Waals surface area contributed by atoms with Gasteiger partial charge in [-0.3, -0.25) is 9.59 Å². The fourth-order valence-corrected chi connectivity index (χ4v) is 3.01. The molecule has 0 aliphatic carbocycles. The minimum Gasteiger partial charge on any atom is -0.493 e. The molecule has 1 heterocycles. The van der Waals surface area contributed by atoms with Gasteiger partial charge in [-0.15, -0.1) is 0 Å². The van der Waals surface area contributed by atoms with Crippen molar-refractivity contribution >= 4 is 23.7 Å². The highest BCUT2D eigenvalue weighted by atomic mass is 16.5. The van der Waals surface area contributed by atoms with Crippen LogP contribution in [-0.2, 0) is 9.59 Å². The van der Waals surface area contributed by atoms with E-state index in [2.05, 4.69) is 10.5 Å². The van der Waals surface area contributed by atoms with E-state index < -0.39 is 5.92 Å². The number of carbonyl (C=O) groups excluding carboxylic acids is 2. The van der Waals surface area contributed by atoms with Crippen LogP contribution >= 0.6 is 0 Å². The molecular formula is C20H21N3O4. The summed E-state index contributed by atoms with van der Waals surface area (Å²) in [6.45, 7) is 0.340. The largest absolute Gasteiger partial charge is 0.493 e. The molecule has 1 fully saturated rings. The first-order valence-corrected chi connectivity index (χ1v) is 8.53. The second-order valence-electron chi connectivity index (χ2n) is 6.06. The maximum absolute atomic E-state index is 12.4. The molecule has 0 spiro atoms. The molecule has 1 N–H and O–H groups in total. The Morgan fingerprint density at radius 1 is 1.15 bits per heavy atom. The average molecular weight is 367 g/mol. The molecule has 0 radical (unpaired) electrons. The minimum atomic E-state index is -0.443.